The molecule has 0 aromatic heterocycles. The van der Waals surface area contributed by atoms with Gasteiger partial charge < -0.3 is 24.3 Å². The number of ether oxygens (including phenoxy) is 4. The van der Waals surface area contributed by atoms with E-state index < -0.39 is 0 Å². The summed E-state index contributed by atoms with van der Waals surface area (Å²) in [7, 11) is 0. The second-order valence-corrected chi connectivity index (χ2v) is 4.72. The monoisotopic (exact) mass is 334 g/mol. The highest BCUT2D eigenvalue weighted by Gasteiger charge is 2.08. The van der Waals surface area contributed by atoms with Gasteiger partial charge in [0.2, 0.25) is 5.91 Å². The number of rotatable bonds is 17. The quantitative estimate of drug-likeness (QED) is 0.228. The van der Waals surface area contributed by atoms with Crippen molar-refractivity contribution in [2.24, 2.45) is 0 Å². The van der Waals surface area contributed by atoms with E-state index >= 15 is 0 Å². The normalized spacial score (nSPS) is 10.7. The van der Waals surface area contributed by atoms with Crippen molar-refractivity contribution in [2.75, 3.05) is 66.0 Å². The van der Waals surface area contributed by atoms with E-state index in [0.717, 1.165) is 13.0 Å². The predicted molar refractivity (Wildman–Crippen MR) is 85.0 cm³/mol. The summed E-state index contributed by atoms with van der Waals surface area (Å²) in [6.45, 7) is 9.02. The Hall–Kier alpha value is -1.22. The first-order valence-electron chi connectivity index (χ1n) is 8.02. The number of hydrogen-bond acceptors (Lipinski definition) is 7. The minimum Gasteiger partial charge on any atom is -0.452 e. The summed E-state index contributed by atoms with van der Waals surface area (Å²) in [4.78, 5) is 23.5. The highest BCUT2D eigenvalue weighted by atomic mass is 16.5. The molecule has 0 atom stereocenters. The first kappa shape index (κ1) is 21.8. The summed E-state index contributed by atoms with van der Waals surface area (Å²) >= 11 is 0. The zero-order valence-electron chi connectivity index (χ0n) is 14.3. The molecule has 0 rings (SSSR count). The average molecular weight is 334 g/mol. The third-order valence-electron chi connectivity index (χ3n) is 2.80. The van der Waals surface area contributed by atoms with Crippen molar-refractivity contribution in [1.29, 1.82) is 0 Å². The fraction of sp³-hybridized carbons (Fsp3) is 0.867. The van der Waals surface area contributed by atoms with Gasteiger partial charge in [0.1, 0.15) is 6.73 Å². The van der Waals surface area contributed by atoms with Crippen LogP contribution in [0.25, 0.3) is 0 Å². The van der Waals surface area contributed by atoms with Gasteiger partial charge in [-0.05, 0) is 13.0 Å². The van der Waals surface area contributed by atoms with E-state index in [4.69, 9.17) is 14.2 Å². The largest absolute Gasteiger partial charge is 0.452 e. The molecule has 8 nitrogen and oxygen atoms in total. The number of likely N-dealkylation sites (N-methyl/N-ethyl adjacent to an activating group) is 1. The maximum atomic E-state index is 11.6. The lowest BCUT2D eigenvalue weighted by molar-refractivity contribution is -0.135. The summed E-state index contributed by atoms with van der Waals surface area (Å²) < 4.78 is 20.6. The maximum absolute atomic E-state index is 11.6. The Morgan fingerprint density at radius 3 is 2.17 bits per heavy atom. The first-order chi connectivity index (χ1) is 11.2. The lowest BCUT2D eigenvalue weighted by Crippen LogP contribution is -2.39. The Morgan fingerprint density at radius 2 is 1.61 bits per heavy atom. The molecule has 0 fully saturated rings. The summed E-state index contributed by atoms with van der Waals surface area (Å²) in [5.41, 5.74) is 0. The highest BCUT2D eigenvalue weighted by Crippen LogP contribution is 1.87. The Bertz CT molecular complexity index is 291. The van der Waals surface area contributed by atoms with Crippen molar-refractivity contribution in [3.63, 3.8) is 0 Å². The topological polar surface area (TPSA) is 86.3 Å². The minimum atomic E-state index is -0.130. The van der Waals surface area contributed by atoms with E-state index in [-0.39, 0.29) is 19.2 Å². The molecule has 0 bridgehead atoms. The Balaban J connectivity index is 3.36. The van der Waals surface area contributed by atoms with E-state index in [1.54, 1.807) is 4.90 Å². The van der Waals surface area contributed by atoms with Crippen molar-refractivity contribution >= 4 is 12.4 Å². The maximum Gasteiger partial charge on any atom is 0.294 e. The molecule has 136 valence electrons. The minimum absolute atomic E-state index is 0.114. The second kappa shape index (κ2) is 17.1. The van der Waals surface area contributed by atoms with Gasteiger partial charge in [-0.25, -0.2) is 0 Å². The Kier molecular flexibility index (Phi) is 16.2. The molecular formula is C15H30N2O6. The number of nitrogens with zero attached hydrogens (tertiary/aromatic N) is 1. The van der Waals surface area contributed by atoms with E-state index in [0.29, 0.717) is 52.6 Å². The molecule has 0 radical (unpaired) electrons. The molecule has 0 saturated carbocycles. The third-order valence-corrected chi connectivity index (χ3v) is 2.80. The molecular weight excluding hydrogens is 304 g/mol. The van der Waals surface area contributed by atoms with Crippen molar-refractivity contribution in [2.45, 2.75) is 20.3 Å². The number of hydrogen-bond donors (Lipinski definition) is 1. The molecule has 0 aliphatic heterocycles. The van der Waals surface area contributed by atoms with Crippen LogP contribution in [0.5, 0.6) is 0 Å². The predicted octanol–water partition coefficient (Wildman–Crippen LogP) is 0.0148. The van der Waals surface area contributed by atoms with Gasteiger partial charge in [-0.3, -0.25) is 14.5 Å². The van der Waals surface area contributed by atoms with Crippen LogP contribution >= 0.6 is 0 Å². The second-order valence-electron chi connectivity index (χ2n) is 4.72. The molecule has 0 aliphatic rings. The van der Waals surface area contributed by atoms with Crippen LogP contribution in [0.1, 0.15) is 20.3 Å². The van der Waals surface area contributed by atoms with E-state index in [2.05, 4.69) is 17.0 Å². The Morgan fingerprint density at radius 1 is 1.00 bits per heavy atom. The van der Waals surface area contributed by atoms with Crippen LogP contribution in [-0.2, 0) is 28.5 Å². The summed E-state index contributed by atoms with van der Waals surface area (Å²) in [6, 6.07) is 0. The SMILES string of the molecule is CCCOCCOCCOCCNC(=O)CN(CC)COC=O. The fourth-order valence-electron chi connectivity index (χ4n) is 1.59. The zero-order chi connectivity index (χ0) is 17.2. The molecule has 1 amide bonds. The lowest BCUT2D eigenvalue weighted by Gasteiger charge is -2.18. The number of amides is 1. The molecule has 1 N–H and O–H groups in total. The smallest absolute Gasteiger partial charge is 0.294 e. The number of carbonyl (C=O) groups is 2. The van der Waals surface area contributed by atoms with Crippen molar-refractivity contribution < 1.29 is 28.5 Å². The van der Waals surface area contributed by atoms with Gasteiger partial charge in [0.15, 0.2) is 0 Å². The van der Waals surface area contributed by atoms with Crippen LogP contribution in [0.4, 0.5) is 0 Å². The van der Waals surface area contributed by atoms with Gasteiger partial charge in [-0.2, -0.15) is 0 Å². The third kappa shape index (κ3) is 15.4. The van der Waals surface area contributed by atoms with Crippen LogP contribution < -0.4 is 5.32 Å². The molecule has 23 heavy (non-hydrogen) atoms. The molecule has 0 unspecified atom stereocenters. The summed E-state index contributed by atoms with van der Waals surface area (Å²) in [5.74, 6) is -0.130. The molecule has 0 saturated heterocycles. The van der Waals surface area contributed by atoms with Gasteiger partial charge in [0.25, 0.3) is 6.47 Å². The van der Waals surface area contributed by atoms with Gasteiger partial charge in [0.05, 0.1) is 39.6 Å². The van der Waals surface area contributed by atoms with Gasteiger partial charge in [-0.1, -0.05) is 13.8 Å². The van der Waals surface area contributed by atoms with Gasteiger partial charge in [0, 0.05) is 13.2 Å². The van der Waals surface area contributed by atoms with Crippen LogP contribution in [0, 0.1) is 0 Å². The Labute approximate surface area is 138 Å². The molecule has 0 aromatic rings. The van der Waals surface area contributed by atoms with Crippen LogP contribution in [-0.4, -0.2) is 83.3 Å². The lowest BCUT2D eigenvalue weighted by atomic mass is 10.5. The first-order valence-corrected chi connectivity index (χ1v) is 8.02. The average Bonchev–Trinajstić information content (AvgIpc) is 2.56. The standard InChI is InChI=1S/C15H30N2O6/c1-3-6-20-8-10-22-11-9-21-7-5-16-15(19)12-17(4-2)13-23-14-18/h14H,3-13H2,1-2H3,(H,16,19). The molecule has 8 heteroatoms. The van der Waals surface area contributed by atoms with Gasteiger partial charge in [-0.15, -0.1) is 0 Å². The highest BCUT2D eigenvalue weighted by molar-refractivity contribution is 5.77. The zero-order valence-corrected chi connectivity index (χ0v) is 14.3. The van der Waals surface area contributed by atoms with Crippen molar-refractivity contribution in [1.82, 2.24) is 10.2 Å². The van der Waals surface area contributed by atoms with Crippen molar-refractivity contribution in [3.8, 4) is 0 Å². The van der Waals surface area contributed by atoms with Crippen LogP contribution in [0.15, 0.2) is 0 Å². The van der Waals surface area contributed by atoms with Crippen LogP contribution in [0.2, 0.25) is 0 Å². The summed E-state index contributed by atoms with van der Waals surface area (Å²) in [6.07, 6.45) is 1.01. The van der Waals surface area contributed by atoms with E-state index in [9.17, 15) is 9.59 Å². The van der Waals surface area contributed by atoms with Crippen LogP contribution in [0.3, 0.4) is 0 Å². The molecule has 0 aliphatic carbocycles. The summed E-state index contributed by atoms with van der Waals surface area (Å²) in [5, 5.41) is 2.74. The number of carbonyl (C=O) groups excluding carboxylic acids is 2. The van der Waals surface area contributed by atoms with E-state index in [1.807, 2.05) is 6.92 Å². The van der Waals surface area contributed by atoms with Gasteiger partial charge >= 0.3 is 0 Å². The molecule has 0 aromatic carbocycles. The number of nitrogens with one attached hydrogen (secondary N) is 1. The molecule has 0 spiro atoms. The fourth-order valence-corrected chi connectivity index (χ4v) is 1.59. The van der Waals surface area contributed by atoms with Crippen molar-refractivity contribution in [3.05, 3.63) is 0 Å². The molecule has 0 heterocycles. The van der Waals surface area contributed by atoms with E-state index in [1.165, 1.54) is 0 Å².